The Hall–Kier alpha value is -4.38. The molecule has 1 aliphatic heterocycles. The van der Waals surface area contributed by atoms with Crippen LogP contribution in [-0.4, -0.2) is 70.3 Å². The van der Waals surface area contributed by atoms with E-state index in [0.717, 1.165) is 16.5 Å². The number of aryl methyl sites for hydroxylation is 1. The monoisotopic (exact) mass is 682 g/mol. The first kappa shape index (κ1) is 33.0. The van der Waals surface area contributed by atoms with Crippen molar-refractivity contribution in [3.8, 4) is 5.75 Å². The van der Waals surface area contributed by atoms with E-state index in [1.165, 1.54) is 29.1 Å². The molecular formula is C28H30ClF3N8O5S. The number of sulfonamides is 1. The number of aromatic nitrogens is 5. The average molecular weight is 683 g/mol. The summed E-state index contributed by atoms with van der Waals surface area (Å²) in [6.45, 7) is 3.18. The minimum absolute atomic E-state index is 0.0179. The number of nitrogens with one attached hydrogen (secondary N) is 2. The number of fused-ring (bicyclic) bond motifs is 1. The number of carbonyl (C=O) groups excluding carboxylic acids is 1. The van der Waals surface area contributed by atoms with E-state index in [9.17, 15) is 31.2 Å². The predicted molar refractivity (Wildman–Crippen MR) is 165 cm³/mol. The standard InChI is InChI=1S/C28H30ClF3N8O5S/c1-15-9-19(16(2)34-21-5-6-22(29)35-24(21)25(41)37-46(4,43)44)23-20(10-15)26(42)38(3)27(36-23)39-8-7-17(12-39)45-18-11-33-40(13-18)14-28(30,31)32/h5-6,9-11,13,16-17,34H,7-8,12,14H2,1-4H3,(H,37,41)/t16-,17+/m1/s1. The maximum absolute atomic E-state index is 13.6. The third-order valence-corrected chi connectivity index (χ3v) is 7.97. The molecule has 0 aliphatic carbocycles. The molecule has 46 heavy (non-hydrogen) atoms. The Morgan fingerprint density at radius 3 is 2.67 bits per heavy atom. The Morgan fingerprint density at radius 1 is 1.24 bits per heavy atom. The molecule has 1 aliphatic rings. The molecule has 4 aromatic rings. The number of ether oxygens (including phenoxy) is 1. The van der Waals surface area contributed by atoms with Crippen LogP contribution >= 0.6 is 11.6 Å². The van der Waals surface area contributed by atoms with Crippen molar-refractivity contribution in [1.29, 1.82) is 0 Å². The number of hydrogen-bond donors (Lipinski definition) is 2. The average Bonchev–Trinajstić information content (AvgIpc) is 3.59. The summed E-state index contributed by atoms with van der Waals surface area (Å²) in [5.74, 6) is -0.396. The van der Waals surface area contributed by atoms with Crippen molar-refractivity contribution in [3.63, 3.8) is 0 Å². The highest BCUT2D eigenvalue weighted by molar-refractivity contribution is 7.89. The number of amides is 1. The van der Waals surface area contributed by atoms with Crippen molar-refractivity contribution in [3.05, 3.63) is 69.0 Å². The largest absolute Gasteiger partial charge is 0.485 e. The van der Waals surface area contributed by atoms with Gasteiger partial charge in [0.1, 0.15) is 17.8 Å². The summed E-state index contributed by atoms with van der Waals surface area (Å²) in [5, 5.41) is 7.24. The Labute approximate surface area is 266 Å². The van der Waals surface area contributed by atoms with Gasteiger partial charge in [-0.3, -0.25) is 18.8 Å². The Kier molecular flexibility index (Phi) is 8.92. The van der Waals surface area contributed by atoms with Crippen LogP contribution in [0, 0.1) is 6.92 Å². The molecule has 18 heteroatoms. The fourth-order valence-electron chi connectivity index (χ4n) is 5.28. The number of carbonyl (C=O) groups is 1. The van der Waals surface area contributed by atoms with Crippen LogP contribution in [0.25, 0.3) is 10.9 Å². The second kappa shape index (κ2) is 12.4. The van der Waals surface area contributed by atoms with Crippen LogP contribution in [-0.2, 0) is 23.6 Å². The highest BCUT2D eigenvalue weighted by atomic mass is 35.5. The lowest BCUT2D eigenvalue weighted by Crippen LogP contribution is -2.32. The number of rotatable bonds is 9. The Bertz CT molecular complexity index is 1980. The topological polar surface area (TPSA) is 153 Å². The molecule has 2 atom stereocenters. The van der Waals surface area contributed by atoms with Crippen LogP contribution in [0.15, 0.2) is 41.5 Å². The molecule has 4 heterocycles. The van der Waals surface area contributed by atoms with Gasteiger partial charge in [-0.25, -0.2) is 23.1 Å². The first-order chi connectivity index (χ1) is 21.5. The Balaban J connectivity index is 1.43. The maximum atomic E-state index is 13.6. The van der Waals surface area contributed by atoms with E-state index in [1.54, 1.807) is 20.0 Å². The van der Waals surface area contributed by atoms with Gasteiger partial charge in [0.25, 0.3) is 11.5 Å². The highest BCUT2D eigenvalue weighted by Gasteiger charge is 2.31. The molecule has 0 spiro atoms. The van der Waals surface area contributed by atoms with Gasteiger partial charge in [-0.1, -0.05) is 17.7 Å². The number of hydrogen-bond acceptors (Lipinski definition) is 10. The smallest absolute Gasteiger partial charge is 0.408 e. The summed E-state index contributed by atoms with van der Waals surface area (Å²) >= 11 is 6.00. The van der Waals surface area contributed by atoms with Gasteiger partial charge in [0.2, 0.25) is 16.0 Å². The lowest BCUT2D eigenvalue weighted by molar-refractivity contribution is -0.142. The van der Waals surface area contributed by atoms with Crippen LogP contribution in [0.1, 0.15) is 41.0 Å². The minimum Gasteiger partial charge on any atom is -0.485 e. The van der Waals surface area contributed by atoms with Crippen LogP contribution in [0.3, 0.4) is 0 Å². The lowest BCUT2D eigenvalue weighted by Gasteiger charge is -2.23. The van der Waals surface area contributed by atoms with Crippen molar-refractivity contribution >= 4 is 50.1 Å². The van der Waals surface area contributed by atoms with Crippen molar-refractivity contribution in [1.82, 2.24) is 29.0 Å². The summed E-state index contributed by atoms with van der Waals surface area (Å²) in [4.78, 5) is 37.1. The summed E-state index contributed by atoms with van der Waals surface area (Å²) in [5.41, 5.74) is 1.49. The van der Waals surface area contributed by atoms with Gasteiger partial charge < -0.3 is 15.0 Å². The molecular weight excluding hydrogens is 653 g/mol. The first-order valence-electron chi connectivity index (χ1n) is 13.9. The number of alkyl halides is 3. The predicted octanol–water partition coefficient (Wildman–Crippen LogP) is 3.57. The summed E-state index contributed by atoms with van der Waals surface area (Å²) < 4.78 is 71.5. The molecule has 246 valence electrons. The van der Waals surface area contributed by atoms with Gasteiger partial charge in [0.15, 0.2) is 11.4 Å². The lowest BCUT2D eigenvalue weighted by atomic mass is 10.0. The molecule has 1 fully saturated rings. The molecule has 2 N–H and O–H groups in total. The number of halogens is 4. The van der Waals surface area contributed by atoms with Gasteiger partial charge in [0.05, 0.1) is 47.8 Å². The summed E-state index contributed by atoms with van der Waals surface area (Å²) in [7, 11) is -2.28. The highest BCUT2D eigenvalue weighted by Crippen LogP contribution is 2.30. The fraction of sp³-hybridized carbons (Fsp3) is 0.393. The molecule has 0 radical (unpaired) electrons. The van der Waals surface area contributed by atoms with Crippen molar-refractivity contribution < 1.29 is 31.1 Å². The SMILES string of the molecule is Cc1cc([C@@H](C)Nc2ccc(Cl)nc2C(=O)NS(C)(=O)=O)c2nc(N3CC[C@H](Oc4cnn(CC(F)(F)F)c4)C3)n(C)c(=O)c2c1. The van der Waals surface area contributed by atoms with E-state index in [0.29, 0.717) is 41.9 Å². The minimum atomic E-state index is -4.41. The molecule has 3 aromatic heterocycles. The van der Waals surface area contributed by atoms with Crippen molar-refractivity contribution in [2.24, 2.45) is 7.05 Å². The van der Waals surface area contributed by atoms with Gasteiger partial charge in [-0.15, -0.1) is 0 Å². The van der Waals surface area contributed by atoms with E-state index in [1.807, 2.05) is 22.6 Å². The number of anilines is 2. The quantitative estimate of drug-likeness (QED) is 0.251. The third-order valence-electron chi connectivity index (χ3n) is 7.20. The zero-order chi connectivity index (χ0) is 33.6. The van der Waals surface area contributed by atoms with E-state index < -0.39 is 34.7 Å². The normalized spacial score (nSPS) is 16.1. The third kappa shape index (κ3) is 7.52. The molecule has 1 aromatic carbocycles. The van der Waals surface area contributed by atoms with Crippen LogP contribution in [0.2, 0.25) is 5.15 Å². The van der Waals surface area contributed by atoms with Crippen molar-refractivity contribution in [2.75, 3.05) is 29.6 Å². The zero-order valence-electron chi connectivity index (χ0n) is 25.1. The van der Waals surface area contributed by atoms with Crippen LogP contribution in [0.4, 0.5) is 24.8 Å². The number of pyridine rings is 1. The second-order valence-corrected chi connectivity index (χ2v) is 13.2. The first-order valence-corrected chi connectivity index (χ1v) is 16.2. The van der Waals surface area contributed by atoms with E-state index in [2.05, 4.69) is 15.4 Å². The Morgan fingerprint density at radius 2 is 1.98 bits per heavy atom. The zero-order valence-corrected chi connectivity index (χ0v) is 26.7. The van der Waals surface area contributed by atoms with Gasteiger partial charge in [-0.2, -0.15) is 18.3 Å². The van der Waals surface area contributed by atoms with Gasteiger partial charge in [0, 0.05) is 25.6 Å². The van der Waals surface area contributed by atoms with E-state index >= 15 is 0 Å². The fourth-order valence-corrected chi connectivity index (χ4v) is 5.86. The molecule has 5 rings (SSSR count). The van der Waals surface area contributed by atoms with Gasteiger partial charge in [-0.05, 0) is 37.6 Å². The van der Waals surface area contributed by atoms with Crippen LogP contribution < -0.4 is 25.2 Å². The molecule has 0 saturated carbocycles. The summed E-state index contributed by atoms with van der Waals surface area (Å²) in [6, 6.07) is 5.97. The second-order valence-electron chi connectivity index (χ2n) is 11.1. The summed E-state index contributed by atoms with van der Waals surface area (Å²) in [6.07, 6.45) is -1.01. The van der Waals surface area contributed by atoms with Crippen molar-refractivity contribution in [2.45, 2.75) is 45.1 Å². The maximum Gasteiger partial charge on any atom is 0.408 e. The molecule has 0 bridgehead atoms. The molecule has 13 nitrogen and oxygen atoms in total. The van der Waals surface area contributed by atoms with E-state index in [4.69, 9.17) is 21.3 Å². The van der Waals surface area contributed by atoms with Gasteiger partial charge >= 0.3 is 6.18 Å². The molecule has 0 unspecified atom stereocenters. The molecule has 1 saturated heterocycles. The number of benzene rings is 1. The number of nitrogens with zero attached hydrogens (tertiary/aromatic N) is 6. The van der Waals surface area contributed by atoms with Crippen LogP contribution in [0.5, 0.6) is 5.75 Å². The van der Waals surface area contributed by atoms with E-state index in [-0.39, 0.29) is 33.9 Å². The molecule has 1 amide bonds.